The number of carbonyl (C=O) groups excluding carboxylic acids is 1. The van der Waals surface area contributed by atoms with E-state index in [2.05, 4.69) is 9.72 Å². The van der Waals surface area contributed by atoms with Gasteiger partial charge in [0.25, 0.3) is 0 Å². The molecule has 17 heavy (non-hydrogen) atoms. The van der Waals surface area contributed by atoms with Crippen LogP contribution in [0.25, 0.3) is 0 Å². The Hall–Kier alpha value is -2.30. The van der Waals surface area contributed by atoms with Crippen LogP contribution in [0.15, 0.2) is 40.9 Å². The van der Waals surface area contributed by atoms with Gasteiger partial charge in [-0.1, -0.05) is 30.3 Å². The third kappa shape index (κ3) is 3.34. The van der Waals surface area contributed by atoms with Gasteiger partial charge in [-0.05, 0) is 5.56 Å². The Morgan fingerprint density at radius 3 is 2.82 bits per heavy atom. The summed E-state index contributed by atoms with van der Waals surface area (Å²) in [5.41, 5.74) is 5.97. The van der Waals surface area contributed by atoms with Crippen molar-refractivity contribution in [2.75, 3.05) is 0 Å². The molecule has 0 saturated carbocycles. The Balaban J connectivity index is 1.97. The van der Waals surface area contributed by atoms with Crippen molar-refractivity contribution in [2.45, 2.75) is 13.0 Å². The van der Waals surface area contributed by atoms with Gasteiger partial charge in [0.05, 0.1) is 6.20 Å². The molecule has 0 radical (unpaired) electrons. The summed E-state index contributed by atoms with van der Waals surface area (Å²) in [7, 11) is 0. The second-order valence-electron chi connectivity index (χ2n) is 3.49. The van der Waals surface area contributed by atoms with E-state index in [0.29, 0.717) is 12.3 Å². The average Bonchev–Trinajstić information content (AvgIpc) is 2.75. The van der Waals surface area contributed by atoms with Crippen LogP contribution < -0.4 is 5.73 Å². The Kier molecular flexibility index (Phi) is 3.40. The maximum absolute atomic E-state index is 10.4. The van der Waals surface area contributed by atoms with Crippen molar-refractivity contribution >= 4 is 6.09 Å². The molecule has 88 valence electrons. The molecule has 0 aliphatic heterocycles. The van der Waals surface area contributed by atoms with Gasteiger partial charge in [0.1, 0.15) is 5.76 Å². The quantitative estimate of drug-likeness (QED) is 0.872. The van der Waals surface area contributed by atoms with Crippen molar-refractivity contribution in [2.24, 2.45) is 5.73 Å². The Labute approximate surface area is 98.2 Å². The molecule has 0 fully saturated rings. The summed E-state index contributed by atoms with van der Waals surface area (Å²) >= 11 is 0. The third-order valence-electron chi connectivity index (χ3n) is 2.16. The maximum Gasteiger partial charge on any atom is 0.405 e. The second kappa shape index (κ2) is 5.16. The summed E-state index contributed by atoms with van der Waals surface area (Å²) in [6.07, 6.45) is 1.43. The molecule has 0 aliphatic carbocycles. The molecule has 1 aromatic heterocycles. The molecule has 1 aromatic carbocycles. The fourth-order valence-corrected chi connectivity index (χ4v) is 1.43. The molecule has 0 spiro atoms. The number of carbonyl (C=O) groups is 1. The van der Waals surface area contributed by atoms with Crippen LogP contribution in [0.1, 0.15) is 17.2 Å². The molecular weight excluding hydrogens is 220 g/mol. The van der Waals surface area contributed by atoms with Gasteiger partial charge >= 0.3 is 6.09 Å². The van der Waals surface area contributed by atoms with Gasteiger partial charge in [0.2, 0.25) is 5.89 Å². The van der Waals surface area contributed by atoms with E-state index in [1.54, 1.807) is 6.20 Å². The number of amides is 1. The number of hydrogen-bond acceptors (Lipinski definition) is 4. The third-order valence-corrected chi connectivity index (χ3v) is 2.16. The minimum atomic E-state index is -0.840. The monoisotopic (exact) mass is 232 g/mol. The number of oxazole rings is 1. The van der Waals surface area contributed by atoms with Crippen molar-refractivity contribution in [3.63, 3.8) is 0 Å². The lowest BCUT2D eigenvalue weighted by Gasteiger charge is -1.97. The highest BCUT2D eigenvalue weighted by Crippen LogP contribution is 2.11. The van der Waals surface area contributed by atoms with Crippen LogP contribution in [0.3, 0.4) is 0 Å². The standard InChI is InChI=1S/C12H12N2O3/c13-12(15)16-8-11-14-7-10(17-11)6-9-4-2-1-3-5-9/h1-5,7H,6,8H2,(H2,13,15). The highest BCUT2D eigenvalue weighted by molar-refractivity contribution is 5.64. The molecule has 2 N–H and O–H groups in total. The van der Waals surface area contributed by atoms with Crippen molar-refractivity contribution in [3.05, 3.63) is 53.7 Å². The van der Waals surface area contributed by atoms with Crippen LogP contribution >= 0.6 is 0 Å². The van der Waals surface area contributed by atoms with Gasteiger partial charge in [-0.2, -0.15) is 0 Å². The lowest BCUT2D eigenvalue weighted by atomic mass is 10.1. The van der Waals surface area contributed by atoms with Gasteiger partial charge in [-0.15, -0.1) is 0 Å². The number of nitrogens with two attached hydrogens (primary N) is 1. The van der Waals surface area contributed by atoms with Crippen LogP contribution in [0.2, 0.25) is 0 Å². The number of rotatable bonds is 4. The Morgan fingerprint density at radius 1 is 1.35 bits per heavy atom. The van der Waals surface area contributed by atoms with E-state index >= 15 is 0 Å². The van der Waals surface area contributed by atoms with E-state index in [-0.39, 0.29) is 6.61 Å². The first-order valence-electron chi connectivity index (χ1n) is 5.14. The molecule has 0 aliphatic rings. The molecule has 5 nitrogen and oxygen atoms in total. The number of primary amides is 1. The molecule has 0 atom stereocenters. The lowest BCUT2D eigenvalue weighted by molar-refractivity contribution is 0.138. The number of aromatic nitrogens is 1. The zero-order valence-corrected chi connectivity index (χ0v) is 9.13. The van der Waals surface area contributed by atoms with Crippen LogP contribution in [0.5, 0.6) is 0 Å². The van der Waals surface area contributed by atoms with E-state index in [4.69, 9.17) is 10.2 Å². The largest absolute Gasteiger partial charge is 0.442 e. The predicted molar refractivity (Wildman–Crippen MR) is 60.1 cm³/mol. The molecule has 2 aromatic rings. The molecule has 0 saturated heterocycles. The highest BCUT2D eigenvalue weighted by atomic mass is 16.6. The molecule has 1 heterocycles. The Morgan fingerprint density at radius 2 is 2.12 bits per heavy atom. The molecule has 1 amide bonds. The van der Waals surface area contributed by atoms with Crippen molar-refractivity contribution < 1.29 is 13.9 Å². The number of hydrogen-bond donors (Lipinski definition) is 1. The fourth-order valence-electron chi connectivity index (χ4n) is 1.43. The predicted octanol–water partition coefficient (Wildman–Crippen LogP) is 1.86. The zero-order chi connectivity index (χ0) is 12.1. The molecule has 5 heteroatoms. The number of ether oxygens (including phenoxy) is 1. The molecule has 0 bridgehead atoms. The summed E-state index contributed by atoms with van der Waals surface area (Å²) in [5, 5.41) is 0. The number of nitrogens with zero attached hydrogens (tertiary/aromatic N) is 1. The second-order valence-corrected chi connectivity index (χ2v) is 3.49. The zero-order valence-electron chi connectivity index (χ0n) is 9.13. The van der Waals surface area contributed by atoms with Crippen LogP contribution in [-0.4, -0.2) is 11.1 Å². The summed E-state index contributed by atoms with van der Waals surface area (Å²) in [6.45, 7) is -0.0376. The smallest absolute Gasteiger partial charge is 0.405 e. The minimum absolute atomic E-state index is 0.0376. The van der Waals surface area contributed by atoms with Gasteiger partial charge in [-0.25, -0.2) is 9.78 Å². The van der Waals surface area contributed by atoms with Crippen molar-refractivity contribution in [1.29, 1.82) is 0 Å². The highest BCUT2D eigenvalue weighted by Gasteiger charge is 2.06. The first kappa shape index (κ1) is 11.2. The van der Waals surface area contributed by atoms with E-state index in [1.807, 2.05) is 30.3 Å². The summed E-state index contributed by atoms with van der Waals surface area (Å²) in [6, 6.07) is 9.88. The normalized spacial score (nSPS) is 10.1. The molecule has 0 unspecified atom stereocenters. The van der Waals surface area contributed by atoms with Crippen LogP contribution in [0.4, 0.5) is 4.79 Å². The Bertz CT molecular complexity index is 493. The summed E-state index contributed by atoms with van der Waals surface area (Å²) in [5.74, 6) is 1.06. The van der Waals surface area contributed by atoms with E-state index in [9.17, 15) is 4.79 Å². The van der Waals surface area contributed by atoms with Gasteiger partial charge in [-0.3, -0.25) is 0 Å². The summed E-state index contributed by atoms with van der Waals surface area (Å²) in [4.78, 5) is 14.4. The van der Waals surface area contributed by atoms with Gasteiger partial charge in [0.15, 0.2) is 6.61 Å². The topological polar surface area (TPSA) is 78.4 Å². The van der Waals surface area contributed by atoms with Gasteiger partial charge < -0.3 is 14.9 Å². The van der Waals surface area contributed by atoms with E-state index < -0.39 is 6.09 Å². The SMILES string of the molecule is NC(=O)OCc1ncc(Cc2ccccc2)o1. The molecule has 2 rings (SSSR count). The summed E-state index contributed by atoms with van der Waals surface area (Å²) < 4.78 is 9.97. The average molecular weight is 232 g/mol. The van der Waals surface area contributed by atoms with E-state index in [1.165, 1.54) is 0 Å². The first-order valence-corrected chi connectivity index (χ1v) is 5.14. The van der Waals surface area contributed by atoms with Gasteiger partial charge in [0, 0.05) is 6.42 Å². The van der Waals surface area contributed by atoms with Crippen molar-refractivity contribution in [1.82, 2.24) is 4.98 Å². The fraction of sp³-hybridized carbons (Fsp3) is 0.167. The number of benzene rings is 1. The van der Waals surface area contributed by atoms with Crippen LogP contribution in [-0.2, 0) is 17.8 Å². The molecular formula is C12H12N2O3. The van der Waals surface area contributed by atoms with Crippen molar-refractivity contribution in [3.8, 4) is 0 Å². The minimum Gasteiger partial charge on any atom is -0.442 e. The first-order chi connectivity index (χ1) is 8.24. The maximum atomic E-state index is 10.4. The van der Waals surface area contributed by atoms with Crippen LogP contribution in [0, 0.1) is 0 Å². The van der Waals surface area contributed by atoms with E-state index in [0.717, 1.165) is 11.3 Å². The lowest BCUT2D eigenvalue weighted by Crippen LogP contribution is -2.12.